The number of aliphatic hydroxyl groups is 1. The van der Waals surface area contributed by atoms with Crippen LogP contribution in [0.2, 0.25) is 0 Å². The Balaban J connectivity index is 2.01. The molecular weight excluding hydrogens is 308 g/mol. The fourth-order valence-electron chi connectivity index (χ4n) is 2.57. The van der Waals surface area contributed by atoms with Gasteiger partial charge in [-0.25, -0.2) is 4.98 Å². The summed E-state index contributed by atoms with van der Waals surface area (Å²) in [6, 6.07) is 9.90. The average molecular weight is 326 g/mol. The van der Waals surface area contributed by atoms with Gasteiger partial charge in [-0.2, -0.15) is 4.98 Å². The Morgan fingerprint density at radius 1 is 1.30 bits per heavy atom. The standard InChI is InChI=1S/C18H18N2O2S/c1-4-13-10-18(2,21)15-14(13)16(20-17(19-15)23-3)22-11-12-8-6-5-7-9-12/h4-10,21H,1,11H2,2-3H3. The molecule has 0 saturated heterocycles. The molecule has 4 nitrogen and oxygen atoms in total. The first-order valence-electron chi connectivity index (χ1n) is 7.26. The zero-order chi connectivity index (χ0) is 16.4. The highest BCUT2D eigenvalue weighted by molar-refractivity contribution is 7.98. The molecule has 1 aromatic carbocycles. The van der Waals surface area contributed by atoms with Gasteiger partial charge in [0.05, 0.1) is 11.3 Å². The highest BCUT2D eigenvalue weighted by Crippen LogP contribution is 2.43. The number of hydrogen-bond donors (Lipinski definition) is 1. The maximum atomic E-state index is 10.6. The van der Waals surface area contributed by atoms with Crippen LogP contribution in [0, 0.1) is 0 Å². The number of fused-ring (bicyclic) bond motifs is 1. The van der Waals surface area contributed by atoms with E-state index >= 15 is 0 Å². The summed E-state index contributed by atoms with van der Waals surface area (Å²) in [6.45, 7) is 5.93. The summed E-state index contributed by atoms with van der Waals surface area (Å²) in [6.07, 6.45) is 5.32. The molecule has 0 radical (unpaired) electrons. The maximum Gasteiger partial charge on any atom is 0.226 e. The van der Waals surface area contributed by atoms with Crippen molar-refractivity contribution in [2.24, 2.45) is 0 Å². The highest BCUT2D eigenvalue weighted by Gasteiger charge is 2.36. The van der Waals surface area contributed by atoms with Crippen LogP contribution < -0.4 is 4.74 Å². The van der Waals surface area contributed by atoms with Crippen molar-refractivity contribution in [1.29, 1.82) is 0 Å². The predicted molar refractivity (Wildman–Crippen MR) is 92.3 cm³/mol. The van der Waals surface area contributed by atoms with Gasteiger partial charge in [0.1, 0.15) is 12.2 Å². The van der Waals surface area contributed by atoms with Gasteiger partial charge in [-0.15, -0.1) is 0 Å². The Morgan fingerprint density at radius 3 is 2.70 bits per heavy atom. The van der Waals surface area contributed by atoms with Crippen LogP contribution in [0.15, 0.2) is 54.2 Å². The third-order valence-corrected chi connectivity index (χ3v) is 4.23. The Labute approximate surface area is 139 Å². The molecule has 0 aliphatic heterocycles. The minimum atomic E-state index is -1.14. The Kier molecular flexibility index (Phi) is 4.24. The second-order valence-corrected chi connectivity index (χ2v) is 6.24. The first-order valence-corrected chi connectivity index (χ1v) is 8.49. The zero-order valence-corrected chi connectivity index (χ0v) is 13.9. The summed E-state index contributed by atoms with van der Waals surface area (Å²) in [7, 11) is 0. The van der Waals surface area contributed by atoms with Crippen molar-refractivity contribution in [3.63, 3.8) is 0 Å². The molecule has 5 heteroatoms. The van der Waals surface area contributed by atoms with Crippen LogP contribution in [0.4, 0.5) is 0 Å². The van der Waals surface area contributed by atoms with Gasteiger partial charge in [0, 0.05) is 0 Å². The molecule has 1 heterocycles. The predicted octanol–water partition coefficient (Wildman–Crippen LogP) is 3.57. The Morgan fingerprint density at radius 2 is 2.04 bits per heavy atom. The van der Waals surface area contributed by atoms with Crippen molar-refractivity contribution in [3.05, 3.63) is 65.9 Å². The van der Waals surface area contributed by atoms with Crippen molar-refractivity contribution >= 4 is 17.3 Å². The van der Waals surface area contributed by atoms with E-state index in [4.69, 9.17) is 4.74 Å². The molecule has 118 valence electrons. The van der Waals surface area contributed by atoms with E-state index in [1.54, 1.807) is 19.1 Å². The maximum absolute atomic E-state index is 10.6. The molecule has 1 N–H and O–H groups in total. The number of rotatable bonds is 5. The molecule has 2 aromatic rings. The molecule has 1 aromatic heterocycles. The van der Waals surface area contributed by atoms with Gasteiger partial charge in [0.15, 0.2) is 5.16 Å². The first kappa shape index (κ1) is 15.8. The number of ether oxygens (including phenoxy) is 1. The van der Waals surface area contributed by atoms with Gasteiger partial charge in [-0.1, -0.05) is 54.7 Å². The number of nitrogens with zero attached hydrogens (tertiary/aromatic N) is 2. The lowest BCUT2D eigenvalue weighted by Crippen LogP contribution is -2.18. The molecule has 1 aliphatic carbocycles. The van der Waals surface area contributed by atoms with Gasteiger partial charge in [-0.3, -0.25) is 0 Å². The number of thioether (sulfide) groups is 1. The van der Waals surface area contributed by atoms with E-state index in [0.717, 1.165) is 16.7 Å². The summed E-state index contributed by atoms with van der Waals surface area (Å²) in [4.78, 5) is 8.93. The second-order valence-electron chi connectivity index (χ2n) is 5.46. The third kappa shape index (κ3) is 3.02. The summed E-state index contributed by atoms with van der Waals surface area (Å²) in [5.74, 6) is 0.479. The zero-order valence-electron chi connectivity index (χ0n) is 13.1. The number of aromatic nitrogens is 2. The lowest BCUT2D eigenvalue weighted by molar-refractivity contribution is 0.108. The molecule has 0 saturated carbocycles. The molecule has 1 unspecified atom stereocenters. The Bertz CT molecular complexity index is 770. The van der Waals surface area contributed by atoms with E-state index < -0.39 is 5.60 Å². The van der Waals surface area contributed by atoms with Crippen molar-refractivity contribution < 1.29 is 9.84 Å². The summed E-state index contributed by atoms with van der Waals surface area (Å²) < 4.78 is 5.94. The minimum absolute atomic E-state index is 0.407. The minimum Gasteiger partial charge on any atom is -0.472 e. The number of hydrogen-bond acceptors (Lipinski definition) is 5. The van der Waals surface area contributed by atoms with Gasteiger partial charge >= 0.3 is 0 Å². The van der Waals surface area contributed by atoms with Crippen LogP contribution in [-0.2, 0) is 12.2 Å². The van der Waals surface area contributed by atoms with Crippen LogP contribution in [-0.4, -0.2) is 21.3 Å². The Hall–Kier alpha value is -2.11. The van der Waals surface area contributed by atoms with Crippen LogP contribution in [0.25, 0.3) is 5.57 Å². The van der Waals surface area contributed by atoms with Gasteiger partial charge in [-0.05, 0) is 30.4 Å². The normalized spacial score (nSPS) is 19.2. The van der Waals surface area contributed by atoms with Gasteiger partial charge in [0.25, 0.3) is 0 Å². The molecular formula is C18H18N2O2S. The van der Waals surface area contributed by atoms with E-state index in [-0.39, 0.29) is 0 Å². The number of benzene rings is 1. The fourth-order valence-corrected chi connectivity index (χ4v) is 2.93. The third-order valence-electron chi connectivity index (χ3n) is 3.68. The largest absolute Gasteiger partial charge is 0.472 e. The average Bonchev–Trinajstić information content (AvgIpc) is 2.84. The van der Waals surface area contributed by atoms with Crippen molar-refractivity contribution in [1.82, 2.24) is 9.97 Å². The van der Waals surface area contributed by atoms with Crippen LogP contribution in [0.1, 0.15) is 23.7 Å². The molecule has 1 aliphatic rings. The van der Waals surface area contributed by atoms with Crippen molar-refractivity contribution in [2.75, 3.05) is 6.26 Å². The summed E-state index contributed by atoms with van der Waals surface area (Å²) in [5, 5.41) is 11.2. The van der Waals surface area contributed by atoms with Crippen LogP contribution >= 0.6 is 11.8 Å². The first-order chi connectivity index (χ1) is 11.0. The second kappa shape index (κ2) is 6.18. The van der Waals surface area contributed by atoms with Crippen LogP contribution in [0.5, 0.6) is 5.88 Å². The van der Waals surface area contributed by atoms with E-state index in [1.165, 1.54) is 11.8 Å². The highest BCUT2D eigenvalue weighted by atomic mass is 32.2. The molecule has 0 spiro atoms. The van der Waals surface area contributed by atoms with Gasteiger partial charge in [0.2, 0.25) is 5.88 Å². The monoisotopic (exact) mass is 326 g/mol. The van der Waals surface area contributed by atoms with E-state index in [1.807, 2.05) is 36.6 Å². The summed E-state index contributed by atoms with van der Waals surface area (Å²) >= 11 is 1.42. The lowest BCUT2D eigenvalue weighted by Gasteiger charge is -2.17. The summed E-state index contributed by atoms with van der Waals surface area (Å²) in [5.41, 5.74) is 1.99. The van der Waals surface area contributed by atoms with Crippen molar-refractivity contribution in [2.45, 2.75) is 24.3 Å². The van der Waals surface area contributed by atoms with E-state index in [9.17, 15) is 5.11 Å². The molecule has 1 atom stereocenters. The lowest BCUT2D eigenvalue weighted by atomic mass is 10.1. The molecule has 0 amide bonds. The van der Waals surface area contributed by atoms with Crippen LogP contribution in [0.3, 0.4) is 0 Å². The topological polar surface area (TPSA) is 55.2 Å². The SMILES string of the molecule is C=CC1=CC(C)(O)c2nc(SC)nc(OCc3ccccc3)c21. The van der Waals surface area contributed by atoms with E-state index in [0.29, 0.717) is 23.3 Å². The molecule has 0 fully saturated rings. The number of allylic oxidation sites excluding steroid dienone is 2. The fraction of sp³-hybridized carbons (Fsp3) is 0.222. The molecule has 3 rings (SSSR count). The van der Waals surface area contributed by atoms with Gasteiger partial charge < -0.3 is 9.84 Å². The van der Waals surface area contributed by atoms with Crippen molar-refractivity contribution in [3.8, 4) is 5.88 Å². The smallest absolute Gasteiger partial charge is 0.226 e. The van der Waals surface area contributed by atoms with E-state index in [2.05, 4.69) is 16.5 Å². The molecule has 23 heavy (non-hydrogen) atoms. The quantitative estimate of drug-likeness (QED) is 0.672. The molecule has 0 bridgehead atoms.